The average Bonchev–Trinajstić information content (AvgIpc) is 3.26. The molecule has 0 bridgehead atoms. The molecule has 0 spiro atoms. The van der Waals surface area contributed by atoms with Gasteiger partial charge in [0.05, 0.1) is 0 Å². The van der Waals surface area contributed by atoms with E-state index in [0.29, 0.717) is 6.04 Å². The van der Waals surface area contributed by atoms with E-state index in [4.69, 9.17) is 0 Å². The molecule has 104 valence electrons. The van der Waals surface area contributed by atoms with Crippen LogP contribution in [0, 0.1) is 5.92 Å². The molecule has 4 heteroatoms. The van der Waals surface area contributed by atoms with Gasteiger partial charge in [0.25, 0.3) is 0 Å². The van der Waals surface area contributed by atoms with Crippen LogP contribution in [-0.2, 0) is 0 Å². The first-order chi connectivity index (χ1) is 9.80. The first kappa shape index (κ1) is 12.9. The Morgan fingerprint density at radius 1 is 1.15 bits per heavy atom. The van der Waals surface area contributed by atoms with E-state index in [-0.39, 0.29) is 0 Å². The van der Waals surface area contributed by atoms with E-state index in [1.807, 2.05) is 43.4 Å². The van der Waals surface area contributed by atoms with Crippen molar-refractivity contribution in [2.24, 2.45) is 5.92 Å². The normalized spacial score (nSPS) is 20.5. The summed E-state index contributed by atoms with van der Waals surface area (Å²) in [5, 5.41) is 6.62. The van der Waals surface area contributed by atoms with Crippen molar-refractivity contribution in [3.8, 4) is 11.4 Å². The van der Waals surface area contributed by atoms with Crippen LogP contribution in [0.1, 0.15) is 19.8 Å². The lowest BCUT2D eigenvalue weighted by atomic mass is 10.2. The molecular weight excluding hydrogens is 248 g/mol. The highest BCUT2D eigenvalue weighted by Crippen LogP contribution is 2.36. The van der Waals surface area contributed by atoms with Crippen LogP contribution in [-0.4, -0.2) is 23.1 Å². The largest absolute Gasteiger partial charge is 0.373 e. The topological polar surface area (TPSA) is 49.8 Å². The molecule has 3 rings (SSSR count). The molecule has 20 heavy (non-hydrogen) atoms. The summed E-state index contributed by atoms with van der Waals surface area (Å²) >= 11 is 0. The highest BCUT2D eigenvalue weighted by molar-refractivity contribution is 5.61. The SMILES string of the molecule is CCC1CC1Nc1cc(NC)nc(-c2ccccc2)n1. The minimum Gasteiger partial charge on any atom is -0.373 e. The van der Waals surface area contributed by atoms with Gasteiger partial charge in [-0.15, -0.1) is 0 Å². The third-order valence-corrected chi connectivity index (χ3v) is 3.79. The smallest absolute Gasteiger partial charge is 0.163 e. The predicted octanol–water partition coefficient (Wildman–Crippen LogP) is 3.40. The molecule has 2 unspecified atom stereocenters. The molecule has 2 N–H and O–H groups in total. The zero-order valence-electron chi connectivity index (χ0n) is 11.9. The zero-order valence-corrected chi connectivity index (χ0v) is 11.9. The zero-order chi connectivity index (χ0) is 13.9. The van der Waals surface area contributed by atoms with E-state index in [2.05, 4.69) is 27.5 Å². The van der Waals surface area contributed by atoms with Crippen molar-refractivity contribution in [2.45, 2.75) is 25.8 Å². The lowest BCUT2D eigenvalue weighted by Crippen LogP contribution is -2.08. The van der Waals surface area contributed by atoms with Crippen molar-refractivity contribution in [3.63, 3.8) is 0 Å². The Hall–Kier alpha value is -2.10. The van der Waals surface area contributed by atoms with Gasteiger partial charge in [-0.2, -0.15) is 0 Å². The van der Waals surface area contributed by atoms with Gasteiger partial charge in [-0.3, -0.25) is 0 Å². The molecule has 0 radical (unpaired) electrons. The number of nitrogens with zero attached hydrogens (tertiary/aromatic N) is 2. The molecule has 1 aromatic heterocycles. The minimum atomic E-state index is 0.572. The molecule has 1 saturated carbocycles. The van der Waals surface area contributed by atoms with E-state index in [0.717, 1.165) is 28.9 Å². The monoisotopic (exact) mass is 268 g/mol. The molecule has 1 aliphatic carbocycles. The number of aromatic nitrogens is 2. The lowest BCUT2D eigenvalue weighted by molar-refractivity contribution is 0.773. The second-order valence-electron chi connectivity index (χ2n) is 5.23. The van der Waals surface area contributed by atoms with Crippen molar-refractivity contribution in [3.05, 3.63) is 36.4 Å². The molecule has 1 fully saturated rings. The van der Waals surface area contributed by atoms with Crippen LogP contribution in [0.15, 0.2) is 36.4 Å². The number of benzene rings is 1. The Labute approximate surface area is 119 Å². The Morgan fingerprint density at radius 3 is 2.55 bits per heavy atom. The Balaban J connectivity index is 1.87. The molecule has 1 heterocycles. The lowest BCUT2D eigenvalue weighted by Gasteiger charge is -2.09. The van der Waals surface area contributed by atoms with Gasteiger partial charge in [0.1, 0.15) is 11.6 Å². The molecule has 0 amide bonds. The van der Waals surface area contributed by atoms with Crippen LogP contribution < -0.4 is 10.6 Å². The fourth-order valence-corrected chi connectivity index (χ4v) is 2.43. The Kier molecular flexibility index (Phi) is 3.54. The quantitative estimate of drug-likeness (QED) is 0.872. The highest BCUT2D eigenvalue weighted by Gasteiger charge is 2.35. The maximum atomic E-state index is 4.64. The van der Waals surface area contributed by atoms with Crippen molar-refractivity contribution in [1.29, 1.82) is 0 Å². The van der Waals surface area contributed by atoms with Crippen molar-refractivity contribution in [1.82, 2.24) is 9.97 Å². The summed E-state index contributed by atoms with van der Waals surface area (Å²) in [7, 11) is 1.88. The fourth-order valence-electron chi connectivity index (χ4n) is 2.43. The number of hydrogen-bond acceptors (Lipinski definition) is 4. The third kappa shape index (κ3) is 2.74. The summed E-state index contributed by atoms with van der Waals surface area (Å²) in [4.78, 5) is 9.17. The van der Waals surface area contributed by atoms with E-state index in [9.17, 15) is 0 Å². The number of rotatable bonds is 5. The molecule has 2 aromatic rings. The van der Waals surface area contributed by atoms with E-state index >= 15 is 0 Å². The van der Waals surface area contributed by atoms with Crippen LogP contribution in [0.25, 0.3) is 11.4 Å². The third-order valence-electron chi connectivity index (χ3n) is 3.79. The molecule has 0 aliphatic heterocycles. The second kappa shape index (κ2) is 5.49. The highest BCUT2D eigenvalue weighted by atomic mass is 15.1. The van der Waals surface area contributed by atoms with Crippen LogP contribution in [0.2, 0.25) is 0 Å². The van der Waals surface area contributed by atoms with Gasteiger partial charge < -0.3 is 10.6 Å². The van der Waals surface area contributed by atoms with E-state index < -0.39 is 0 Å². The van der Waals surface area contributed by atoms with Gasteiger partial charge in [0.15, 0.2) is 5.82 Å². The van der Waals surface area contributed by atoms with Crippen LogP contribution in [0.5, 0.6) is 0 Å². The van der Waals surface area contributed by atoms with Crippen LogP contribution in [0.4, 0.5) is 11.6 Å². The number of anilines is 2. The van der Waals surface area contributed by atoms with Gasteiger partial charge in [-0.25, -0.2) is 9.97 Å². The standard InChI is InChI=1S/C16H20N4/c1-3-11-9-13(11)18-15-10-14(17-2)19-16(20-15)12-7-5-4-6-8-12/h4-8,10-11,13H,3,9H2,1-2H3,(H2,17,18,19,20). The summed E-state index contributed by atoms with van der Waals surface area (Å²) in [6.45, 7) is 2.24. The van der Waals surface area contributed by atoms with Crippen molar-refractivity contribution < 1.29 is 0 Å². The summed E-state index contributed by atoms with van der Waals surface area (Å²) in [6.07, 6.45) is 2.48. The summed E-state index contributed by atoms with van der Waals surface area (Å²) in [5.41, 5.74) is 1.04. The maximum absolute atomic E-state index is 4.64. The molecular formula is C16H20N4. The van der Waals surface area contributed by atoms with Crippen molar-refractivity contribution >= 4 is 11.6 Å². The van der Waals surface area contributed by atoms with Gasteiger partial charge in [-0.05, 0) is 12.3 Å². The minimum absolute atomic E-state index is 0.572. The van der Waals surface area contributed by atoms with Gasteiger partial charge >= 0.3 is 0 Å². The molecule has 0 saturated heterocycles. The second-order valence-corrected chi connectivity index (χ2v) is 5.23. The summed E-state index contributed by atoms with van der Waals surface area (Å²) in [6, 6.07) is 12.6. The molecule has 1 aliphatic rings. The predicted molar refractivity (Wildman–Crippen MR) is 82.8 cm³/mol. The van der Waals surface area contributed by atoms with Crippen molar-refractivity contribution in [2.75, 3.05) is 17.7 Å². The summed E-state index contributed by atoms with van der Waals surface area (Å²) in [5.74, 6) is 3.30. The average molecular weight is 268 g/mol. The van der Waals surface area contributed by atoms with Gasteiger partial charge in [-0.1, -0.05) is 43.7 Å². The van der Waals surface area contributed by atoms with Gasteiger partial charge in [0.2, 0.25) is 0 Å². The molecule has 1 aromatic carbocycles. The number of nitrogens with one attached hydrogen (secondary N) is 2. The molecule has 4 nitrogen and oxygen atoms in total. The summed E-state index contributed by atoms with van der Waals surface area (Å²) < 4.78 is 0. The molecule has 2 atom stereocenters. The van der Waals surface area contributed by atoms with Crippen LogP contribution >= 0.6 is 0 Å². The maximum Gasteiger partial charge on any atom is 0.163 e. The van der Waals surface area contributed by atoms with E-state index in [1.54, 1.807) is 0 Å². The first-order valence-corrected chi connectivity index (χ1v) is 7.19. The fraction of sp³-hybridized carbons (Fsp3) is 0.375. The first-order valence-electron chi connectivity index (χ1n) is 7.19. The van der Waals surface area contributed by atoms with Crippen LogP contribution in [0.3, 0.4) is 0 Å². The van der Waals surface area contributed by atoms with Gasteiger partial charge in [0, 0.05) is 24.7 Å². The Bertz CT molecular complexity index is 582. The van der Waals surface area contributed by atoms with E-state index in [1.165, 1.54) is 12.8 Å². The Morgan fingerprint density at radius 2 is 1.90 bits per heavy atom. The number of hydrogen-bond donors (Lipinski definition) is 2.